The number of benzene rings is 1. The highest BCUT2D eigenvalue weighted by atomic mass is 19.1. The van der Waals surface area contributed by atoms with E-state index >= 15 is 0 Å². The summed E-state index contributed by atoms with van der Waals surface area (Å²) >= 11 is 0. The van der Waals surface area contributed by atoms with Crippen LogP contribution in [0, 0.1) is 5.82 Å². The number of furan rings is 1. The summed E-state index contributed by atoms with van der Waals surface area (Å²) < 4.78 is 24.8. The first-order chi connectivity index (χ1) is 12.6. The molecular formula is C18H17FN4O3. The van der Waals surface area contributed by atoms with Crippen LogP contribution in [-0.2, 0) is 11.3 Å². The quantitative estimate of drug-likeness (QED) is 0.700. The smallest absolute Gasteiger partial charge is 0.283 e. The number of aromatic nitrogens is 2. The minimum atomic E-state index is -0.399. The Labute approximate surface area is 149 Å². The standard InChI is InChI=1S/C18H17FN4O3/c1-22(11-16-20-21-17(26-16)15-7-4-10-25-15)14-8-9-23(18(14)24)13-6-3-2-5-12(13)19/h2-7,10,14H,8-9,11H2,1H3. The number of anilines is 1. The summed E-state index contributed by atoms with van der Waals surface area (Å²) in [5.74, 6) is 0.641. The highest BCUT2D eigenvalue weighted by Crippen LogP contribution is 2.27. The van der Waals surface area contributed by atoms with E-state index in [-0.39, 0.29) is 11.9 Å². The summed E-state index contributed by atoms with van der Waals surface area (Å²) in [5, 5.41) is 7.95. The second-order valence-electron chi connectivity index (χ2n) is 6.14. The summed E-state index contributed by atoms with van der Waals surface area (Å²) in [7, 11) is 1.81. The van der Waals surface area contributed by atoms with Gasteiger partial charge >= 0.3 is 0 Å². The largest absolute Gasteiger partial charge is 0.459 e. The average Bonchev–Trinajstić information content (AvgIpc) is 3.36. The number of para-hydroxylation sites is 1. The van der Waals surface area contributed by atoms with Crippen LogP contribution in [0.4, 0.5) is 10.1 Å². The molecule has 8 heteroatoms. The van der Waals surface area contributed by atoms with Crippen LogP contribution in [0.15, 0.2) is 51.5 Å². The third kappa shape index (κ3) is 2.99. The van der Waals surface area contributed by atoms with Gasteiger partial charge in [-0.3, -0.25) is 9.69 Å². The van der Waals surface area contributed by atoms with Gasteiger partial charge in [0.25, 0.3) is 5.89 Å². The van der Waals surface area contributed by atoms with Crippen molar-refractivity contribution < 1.29 is 18.0 Å². The van der Waals surface area contributed by atoms with Crippen LogP contribution >= 0.6 is 0 Å². The second kappa shape index (κ2) is 6.72. The Morgan fingerprint density at radius 1 is 1.27 bits per heavy atom. The molecule has 26 heavy (non-hydrogen) atoms. The number of likely N-dealkylation sites (N-methyl/N-ethyl adjacent to an activating group) is 1. The molecule has 3 aromatic rings. The first-order valence-corrected chi connectivity index (χ1v) is 8.26. The van der Waals surface area contributed by atoms with Crippen molar-refractivity contribution in [2.45, 2.75) is 19.0 Å². The predicted octanol–water partition coefficient (Wildman–Crippen LogP) is 2.71. The SMILES string of the molecule is CN(Cc1nnc(-c2ccco2)o1)C1CCN(c2ccccc2F)C1=O. The van der Waals surface area contributed by atoms with E-state index in [4.69, 9.17) is 8.83 Å². The van der Waals surface area contributed by atoms with Gasteiger partial charge in [-0.1, -0.05) is 12.1 Å². The van der Waals surface area contributed by atoms with E-state index in [0.717, 1.165) is 0 Å². The molecule has 3 heterocycles. The molecule has 0 bridgehead atoms. The van der Waals surface area contributed by atoms with Crippen molar-refractivity contribution in [3.8, 4) is 11.7 Å². The highest BCUT2D eigenvalue weighted by Gasteiger charge is 2.36. The summed E-state index contributed by atoms with van der Waals surface area (Å²) in [6.45, 7) is 0.783. The third-order valence-corrected chi connectivity index (χ3v) is 4.44. The second-order valence-corrected chi connectivity index (χ2v) is 6.14. The third-order valence-electron chi connectivity index (χ3n) is 4.44. The van der Waals surface area contributed by atoms with Gasteiger partial charge in [-0.05, 0) is 37.7 Å². The number of halogens is 1. The number of amides is 1. The number of carbonyl (C=O) groups excluding carboxylic acids is 1. The monoisotopic (exact) mass is 356 g/mol. The zero-order valence-electron chi connectivity index (χ0n) is 14.1. The number of rotatable bonds is 5. The summed E-state index contributed by atoms with van der Waals surface area (Å²) in [5.41, 5.74) is 0.311. The molecule has 1 fully saturated rings. The maximum atomic E-state index is 14.0. The van der Waals surface area contributed by atoms with Crippen molar-refractivity contribution in [3.05, 3.63) is 54.4 Å². The number of carbonyl (C=O) groups is 1. The predicted molar refractivity (Wildman–Crippen MR) is 90.6 cm³/mol. The van der Waals surface area contributed by atoms with Gasteiger partial charge in [-0.25, -0.2) is 4.39 Å². The fraction of sp³-hybridized carbons (Fsp3) is 0.278. The molecule has 134 valence electrons. The molecule has 1 unspecified atom stereocenters. The van der Waals surface area contributed by atoms with Crippen LogP contribution in [0.5, 0.6) is 0 Å². The molecule has 0 aliphatic carbocycles. The van der Waals surface area contributed by atoms with Crippen molar-refractivity contribution in [1.29, 1.82) is 0 Å². The molecule has 0 saturated carbocycles. The molecule has 0 spiro atoms. The van der Waals surface area contributed by atoms with Crippen molar-refractivity contribution in [1.82, 2.24) is 15.1 Å². The Morgan fingerprint density at radius 3 is 2.88 bits per heavy atom. The fourth-order valence-electron chi connectivity index (χ4n) is 3.12. The van der Waals surface area contributed by atoms with Gasteiger partial charge in [0.05, 0.1) is 24.5 Å². The molecule has 1 saturated heterocycles. The molecule has 4 rings (SSSR count). The minimum Gasteiger partial charge on any atom is -0.459 e. The normalized spacial score (nSPS) is 17.4. The van der Waals surface area contributed by atoms with Crippen LogP contribution in [0.3, 0.4) is 0 Å². The van der Waals surface area contributed by atoms with Crippen LogP contribution < -0.4 is 4.90 Å². The van der Waals surface area contributed by atoms with Crippen LogP contribution in [0.2, 0.25) is 0 Å². The molecule has 1 aliphatic rings. The van der Waals surface area contributed by atoms with E-state index in [1.54, 1.807) is 30.3 Å². The molecule has 1 amide bonds. The summed E-state index contributed by atoms with van der Waals surface area (Å²) in [4.78, 5) is 16.0. The number of nitrogens with zero attached hydrogens (tertiary/aromatic N) is 4. The molecule has 1 aliphatic heterocycles. The maximum Gasteiger partial charge on any atom is 0.283 e. The lowest BCUT2D eigenvalue weighted by Crippen LogP contribution is -2.39. The van der Waals surface area contributed by atoms with Gasteiger partial charge in [-0.2, -0.15) is 0 Å². The fourth-order valence-corrected chi connectivity index (χ4v) is 3.12. The van der Waals surface area contributed by atoms with Crippen LogP contribution in [-0.4, -0.2) is 40.6 Å². The highest BCUT2D eigenvalue weighted by molar-refractivity contribution is 5.99. The Bertz CT molecular complexity index is 909. The van der Waals surface area contributed by atoms with E-state index < -0.39 is 5.82 Å². The molecule has 2 aromatic heterocycles. The lowest BCUT2D eigenvalue weighted by molar-refractivity contribution is -0.121. The summed E-state index contributed by atoms with van der Waals surface area (Å²) in [6.07, 6.45) is 2.13. The summed E-state index contributed by atoms with van der Waals surface area (Å²) in [6, 6.07) is 9.39. The molecule has 1 aromatic carbocycles. The molecule has 0 radical (unpaired) electrons. The number of hydrogen-bond donors (Lipinski definition) is 0. The molecule has 7 nitrogen and oxygen atoms in total. The number of hydrogen-bond acceptors (Lipinski definition) is 6. The van der Waals surface area contributed by atoms with Gasteiger partial charge in [0.2, 0.25) is 11.8 Å². The first-order valence-electron chi connectivity index (χ1n) is 8.26. The van der Waals surface area contributed by atoms with Crippen molar-refractivity contribution in [2.75, 3.05) is 18.5 Å². The maximum absolute atomic E-state index is 14.0. The van der Waals surface area contributed by atoms with E-state index in [0.29, 0.717) is 42.7 Å². The van der Waals surface area contributed by atoms with Gasteiger partial charge in [0.1, 0.15) is 5.82 Å². The Hall–Kier alpha value is -3.00. The molecule has 0 N–H and O–H groups in total. The lowest BCUT2D eigenvalue weighted by Gasteiger charge is -2.22. The van der Waals surface area contributed by atoms with E-state index in [9.17, 15) is 9.18 Å². The van der Waals surface area contributed by atoms with Crippen molar-refractivity contribution in [3.63, 3.8) is 0 Å². The lowest BCUT2D eigenvalue weighted by atomic mass is 10.2. The van der Waals surface area contributed by atoms with Crippen molar-refractivity contribution >= 4 is 11.6 Å². The van der Waals surface area contributed by atoms with Gasteiger partial charge in [0, 0.05) is 6.54 Å². The topological polar surface area (TPSA) is 75.6 Å². The Kier molecular flexibility index (Phi) is 4.26. The Morgan fingerprint density at radius 2 is 2.12 bits per heavy atom. The van der Waals surface area contributed by atoms with Gasteiger partial charge in [-0.15, -0.1) is 10.2 Å². The van der Waals surface area contributed by atoms with Crippen molar-refractivity contribution in [2.24, 2.45) is 0 Å². The van der Waals surface area contributed by atoms with E-state index in [1.165, 1.54) is 17.2 Å². The minimum absolute atomic E-state index is 0.136. The van der Waals surface area contributed by atoms with Crippen LogP contribution in [0.1, 0.15) is 12.3 Å². The first kappa shape index (κ1) is 16.5. The van der Waals surface area contributed by atoms with Gasteiger partial charge < -0.3 is 13.7 Å². The zero-order valence-corrected chi connectivity index (χ0v) is 14.1. The van der Waals surface area contributed by atoms with E-state index in [1.807, 2.05) is 11.9 Å². The molecular weight excluding hydrogens is 339 g/mol. The van der Waals surface area contributed by atoms with E-state index in [2.05, 4.69) is 10.2 Å². The van der Waals surface area contributed by atoms with Crippen LogP contribution in [0.25, 0.3) is 11.7 Å². The molecule has 1 atom stereocenters. The van der Waals surface area contributed by atoms with Gasteiger partial charge in [0.15, 0.2) is 5.76 Å². The average molecular weight is 356 g/mol. The Balaban J connectivity index is 1.45. The zero-order chi connectivity index (χ0) is 18.1.